The molecule has 0 aromatic heterocycles. The first kappa shape index (κ1) is 16.2. The molecule has 3 aliphatic rings. The molecule has 0 unspecified atom stereocenters. The Bertz CT molecular complexity index is 697. The summed E-state index contributed by atoms with van der Waals surface area (Å²) in [7, 11) is 0. The third-order valence-electron chi connectivity index (χ3n) is 7.36. The maximum Gasteiger partial charge on any atom is 0.139 e. The zero-order chi connectivity index (χ0) is 17.3. The van der Waals surface area contributed by atoms with E-state index in [1.165, 1.54) is 17.5 Å². The normalized spacial score (nSPS) is 35.3. The molecule has 0 radical (unpaired) electrons. The van der Waals surface area contributed by atoms with Gasteiger partial charge in [0.05, 0.1) is 0 Å². The molecule has 2 saturated carbocycles. The predicted molar refractivity (Wildman–Crippen MR) is 96.4 cm³/mol. The van der Waals surface area contributed by atoms with Gasteiger partial charge in [-0.3, -0.25) is 4.79 Å². The van der Waals surface area contributed by atoms with Crippen molar-refractivity contribution in [2.75, 3.05) is 0 Å². The van der Waals surface area contributed by atoms with Crippen LogP contribution in [0.25, 0.3) is 0 Å². The molecular weight excluding hydrogens is 296 g/mol. The second-order valence-corrected chi connectivity index (χ2v) is 9.65. The first-order chi connectivity index (χ1) is 11.2. The van der Waals surface area contributed by atoms with E-state index in [1.807, 2.05) is 6.07 Å². The minimum Gasteiger partial charge on any atom is -0.508 e. The van der Waals surface area contributed by atoms with Gasteiger partial charge in [0, 0.05) is 11.8 Å². The highest BCUT2D eigenvalue weighted by molar-refractivity contribution is 5.87. The van der Waals surface area contributed by atoms with Gasteiger partial charge in [0.2, 0.25) is 0 Å². The lowest BCUT2D eigenvalue weighted by molar-refractivity contribution is -0.129. The Balaban J connectivity index is 1.76. The van der Waals surface area contributed by atoms with Gasteiger partial charge in [0.25, 0.3) is 0 Å². The summed E-state index contributed by atoms with van der Waals surface area (Å²) in [5, 5.41) is 10.5. The SMILES string of the molecule is CC(C)(C)c1cc2c(cc1O)CC[C@@H]1[C@@H]2CC[C@]2(C)C(=O)CC[C@@H]12. The number of hydrogen-bond donors (Lipinski definition) is 1. The Hall–Kier alpha value is -1.31. The van der Waals surface area contributed by atoms with Crippen LogP contribution in [0.1, 0.15) is 82.4 Å². The maximum atomic E-state index is 12.4. The number of phenols is 1. The van der Waals surface area contributed by atoms with Crippen LogP contribution in [0.4, 0.5) is 0 Å². The molecule has 3 aliphatic carbocycles. The zero-order valence-electron chi connectivity index (χ0n) is 15.5. The molecule has 1 N–H and O–H groups in total. The van der Waals surface area contributed by atoms with Crippen LogP contribution in [-0.4, -0.2) is 10.9 Å². The molecule has 0 aliphatic heterocycles. The van der Waals surface area contributed by atoms with E-state index in [1.54, 1.807) is 0 Å². The van der Waals surface area contributed by atoms with Crippen LogP contribution in [0.2, 0.25) is 0 Å². The van der Waals surface area contributed by atoms with Crippen molar-refractivity contribution in [3.05, 3.63) is 28.8 Å². The molecule has 4 rings (SSSR count). The van der Waals surface area contributed by atoms with Crippen LogP contribution in [0.15, 0.2) is 12.1 Å². The standard InChI is InChI=1S/C22H30O2/c1-21(2,3)18-12-16-13(11-19(18)23)5-6-15-14(16)9-10-22(4)17(15)7-8-20(22)24/h11-12,14-15,17,23H,5-10H2,1-4H3/t14-,15+,17-,22-/m0/s1. The number of Topliss-reactive ketones (excluding diaryl/α,β-unsaturated/α-hetero) is 1. The Kier molecular flexibility index (Phi) is 3.43. The average Bonchev–Trinajstić information content (AvgIpc) is 2.81. The van der Waals surface area contributed by atoms with E-state index < -0.39 is 0 Å². The fourth-order valence-corrected chi connectivity index (χ4v) is 5.98. The lowest BCUT2D eigenvalue weighted by atomic mass is 9.55. The number of benzene rings is 1. The van der Waals surface area contributed by atoms with E-state index >= 15 is 0 Å². The summed E-state index contributed by atoms with van der Waals surface area (Å²) in [6.07, 6.45) is 6.29. The molecule has 0 amide bonds. The van der Waals surface area contributed by atoms with Gasteiger partial charge in [-0.15, -0.1) is 0 Å². The summed E-state index contributed by atoms with van der Waals surface area (Å²) < 4.78 is 0. The first-order valence-corrected chi connectivity index (χ1v) is 9.61. The maximum absolute atomic E-state index is 12.4. The number of aryl methyl sites for hydroxylation is 1. The van der Waals surface area contributed by atoms with Crippen LogP contribution < -0.4 is 0 Å². The highest BCUT2D eigenvalue weighted by atomic mass is 16.3. The van der Waals surface area contributed by atoms with Gasteiger partial charge in [-0.25, -0.2) is 0 Å². The summed E-state index contributed by atoms with van der Waals surface area (Å²) in [6.45, 7) is 8.74. The fourth-order valence-electron chi connectivity index (χ4n) is 5.98. The van der Waals surface area contributed by atoms with Crippen molar-refractivity contribution in [1.82, 2.24) is 0 Å². The third-order valence-corrected chi connectivity index (χ3v) is 7.36. The van der Waals surface area contributed by atoms with Gasteiger partial charge in [-0.1, -0.05) is 33.8 Å². The van der Waals surface area contributed by atoms with E-state index in [2.05, 4.69) is 33.8 Å². The smallest absolute Gasteiger partial charge is 0.139 e. The minimum atomic E-state index is -0.0531. The fraction of sp³-hybridized carbons (Fsp3) is 0.682. The van der Waals surface area contributed by atoms with Gasteiger partial charge in [-0.05, 0) is 78.0 Å². The van der Waals surface area contributed by atoms with Gasteiger partial charge in [-0.2, -0.15) is 0 Å². The Morgan fingerprint density at radius 2 is 1.88 bits per heavy atom. The summed E-state index contributed by atoms with van der Waals surface area (Å²) in [4.78, 5) is 12.4. The summed E-state index contributed by atoms with van der Waals surface area (Å²) in [5.74, 6) is 2.78. The second-order valence-electron chi connectivity index (χ2n) is 9.65. The molecular formula is C22H30O2. The number of fused-ring (bicyclic) bond motifs is 5. The third kappa shape index (κ3) is 2.18. The van der Waals surface area contributed by atoms with E-state index in [0.717, 1.165) is 37.7 Å². The van der Waals surface area contributed by atoms with Crippen molar-refractivity contribution in [2.24, 2.45) is 17.3 Å². The van der Waals surface area contributed by atoms with Gasteiger partial charge >= 0.3 is 0 Å². The molecule has 2 fully saturated rings. The molecule has 4 atom stereocenters. The van der Waals surface area contributed by atoms with Crippen molar-refractivity contribution in [1.29, 1.82) is 0 Å². The van der Waals surface area contributed by atoms with Crippen molar-refractivity contribution >= 4 is 5.78 Å². The number of phenolic OH excluding ortho intramolecular Hbond substituents is 1. The van der Waals surface area contributed by atoms with Crippen molar-refractivity contribution in [2.45, 2.75) is 77.6 Å². The van der Waals surface area contributed by atoms with Gasteiger partial charge in [0.1, 0.15) is 11.5 Å². The number of carbonyl (C=O) groups excluding carboxylic acids is 1. The molecule has 130 valence electrons. The number of rotatable bonds is 0. The van der Waals surface area contributed by atoms with Crippen molar-refractivity contribution in [3.63, 3.8) is 0 Å². The number of ketones is 1. The lowest BCUT2D eigenvalue weighted by Crippen LogP contribution is -2.42. The topological polar surface area (TPSA) is 37.3 Å². The first-order valence-electron chi connectivity index (χ1n) is 9.61. The van der Waals surface area contributed by atoms with E-state index in [9.17, 15) is 9.90 Å². The van der Waals surface area contributed by atoms with Crippen LogP contribution in [0.3, 0.4) is 0 Å². The van der Waals surface area contributed by atoms with Crippen LogP contribution in [-0.2, 0) is 16.6 Å². The molecule has 2 nitrogen and oxygen atoms in total. The highest BCUT2D eigenvalue weighted by Crippen LogP contribution is 2.60. The average molecular weight is 326 g/mol. The van der Waals surface area contributed by atoms with Crippen molar-refractivity contribution in [3.8, 4) is 5.75 Å². The van der Waals surface area contributed by atoms with Crippen LogP contribution >= 0.6 is 0 Å². The number of carbonyl (C=O) groups is 1. The molecule has 0 spiro atoms. The zero-order valence-corrected chi connectivity index (χ0v) is 15.5. The summed E-state index contributed by atoms with van der Waals surface area (Å²) >= 11 is 0. The number of hydrogen-bond acceptors (Lipinski definition) is 2. The van der Waals surface area contributed by atoms with Crippen LogP contribution in [0, 0.1) is 17.3 Å². The largest absolute Gasteiger partial charge is 0.508 e. The minimum absolute atomic E-state index is 0.0431. The van der Waals surface area contributed by atoms with E-state index in [0.29, 0.717) is 29.3 Å². The van der Waals surface area contributed by atoms with Gasteiger partial charge in [0.15, 0.2) is 0 Å². The van der Waals surface area contributed by atoms with E-state index in [-0.39, 0.29) is 10.8 Å². The predicted octanol–water partition coefficient (Wildman–Crippen LogP) is 5.11. The lowest BCUT2D eigenvalue weighted by Gasteiger charge is -2.48. The highest BCUT2D eigenvalue weighted by Gasteiger charge is 2.54. The van der Waals surface area contributed by atoms with Crippen molar-refractivity contribution < 1.29 is 9.90 Å². The Labute approximate surface area is 145 Å². The molecule has 2 heteroatoms. The van der Waals surface area contributed by atoms with Gasteiger partial charge < -0.3 is 5.11 Å². The summed E-state index contributed by atoms with van der Waals surface area (Å²) in [5.41, 5.74) is 3.78. The number of aromatic hydroxyl groups is 1. The Morgan fingerprint density at radius 1 is 1.12 bits per heavy atom. The molecule has 0 heterocycles. The second kappa shape index (κ2) is 5.09. The molecule has 24 heavy (non-hydrogen) atoms. The molecule has 0 saturated heterocycles. The molecule has 1 aromatic rings. The monoisotopic (exact) mass is 326 g/mol. The van der Waals surface area contributed by atoms with E-state index in [4.69, 9.17) is 0 Å². The quantitative estimate of drug-likeness (QED) is 0.719. The molecule has 0 bridgehead atoms. The molecule has 1 aromatic carbocycles. The Morgan fingerprint density at radius 3 is 2.58 bits per heavy atom. The van der Waals surface area contributed by atoms with Crippen LogP contribution in [0.5, 0.6) is 5.75 Å². The summed E-state index contributed by atoms with van der Waals surface area (Å²) in [6, 6.07) is 4.32.